The second-order valence-electron chi connectivity index (χ2n) is 14.3. The molecule has 3 aromatic rings. The molecule has 50 heavy (non-hydrogen) atoms. The molecule has 0 radical (unpaired) electrons. The van der Waals surface area contributed by atoms with Crippen molar-refractivity contribution in [2.75, 3.05) is 16.0 Å². The number of anilines is 3. The van der Waals surface area contributed by atoms with Crippen LogP contribution in [0.1, 0.15) is 114 Å². The molecular formula is C37H46BrN7O5. The first-order chi connectivity index (χ1) is 24.1. The fourth-order valence-corrected chi connectivity index (χ4v) is 7.98. The Bertz CT molecular complexity index is 1810. The Balaban J connectivity index is 1.20. The van der Waals surface area contributed by atoms with Gasteiger partial charge in [0.25, 0.3) is 0 Å². The normalized spacial score (nSPS) is 23.5. The van der Waals surface area contributed by atoms with E-state index in [-0.39, 0.29) is 47.3 Å². The largest absolute Gasteiger partial charge is 0.325 e. The highest BCUT2D eigenvalue weighted by Crippen LogP contribution is 2.59. The minimum atomic E-state index is -0.752. The molecule has 2 aliphatic heterocycles. The van der Waals surface area contributed by atoms with Crippen molar-refractivity contribution in [1.29, 1.82) is 0 Å². The molecule has 2 fully saturated rings. The standard InChI is InChI=1S/C37H46BrN7O5/c1-23(46)33-24-15-13-14-16-26(24)44(43-33)22-31(49)45-27(19-37(2)20-28(37)45)36(50)42-35-32(38)34-25(21-39-35)40-29(47)17-11-9-7-5-3-4-6-8-10-12-18-30(48)41-34/h13-16,21,27-28H,3-12,17-20,22H2,1-2H3,(H,40,47)(H,41,48)(H,39,42,50)/t27?,28-,37+/m1/s1. The Hall–Kier alpha value is -4.13. The van der Waals surface area contributed by atoms with Crippen LogP contribution in [0.3, 0.4) is 0 Å². The van der Waals surface area contributed by atoms with Crippen molar-refractivity contribution in [1.82, 2.24) is 19.7 Å². The van der Waals surface area contributed by atoms with Crippen molar-refractivity contribution in [3.8, 4) is 0 Å². The summed E-state index contributed by atoms with van der Waals surface area (Å²) in [5.74, 6) is -1.03. The van der Waals surface area contributed by atoms with Gasteiger partial charge in [-0.3, -0.25) is 28.7 Å². The fourth-order valence-electron chi connectivity index (χ4n) is 7.47. The van der Waals surface area contributed by atoms with Gasteiger partial charge in [-0.2, -0.15) is 5.10 Å². The van der Waals surface area contributed by atoms with E-state index in [4.69, 9.17) is 0 Å². The summed E-state index contributed by atoms with van der Waals surface area (Å²) < 4.78 is 1.87. The van der Waals surface area contributed by atoms with E-state index in [9.17, 15) is 24.0 Å². The van der Waals surface area contributed by atoms with Crippen LogP contribution in [0.2, 0.25) is 0 Å². The number of aromatic nitrogens is 3. The fraction of sp³-hybridized carbons (Fsp3) is 0.541. The highest BCUT2D eigenvalue weighted by molar-refractivity contribution is 9.10. The van der Waals surface area contributed by atoms with Gasteiger partial charge in [0.05, 0.1) is 27.6 Å². The molecule has 1 unspecified atom stereocenters. The van der Waals surface area contributed by atoms with Crippen molar-refractivity contribution in [3.05, 3.63) is 40.6 Å². The summed E-state index contributed by atoms with van der Waals surface area (Å²) in [6, 6.07) is 6.45. The molecule has 3 N–H and O–H groups in total. The molecule has 1 aliphatic carbocycles. The van der Waals surface area contributed by atoms with Gasteiger partial charge in [0, 0.05) is 31.2 Å². The minimum Gasteiger partial charge on any atom is -0.325 e. The van der Waals surface area contributed by atoms with Crippen molar-refractivity contribution in [3.63, 3.8) is 0 Å². The van der Waals surface area contributed by atoms with Crippen LogP contribution in [0.15, 0.2) is 34.9 Å². The van der Waals surface area contributed by atoms with Gasteiger partial charge in [-0.15, -0.1) is 0 Å². The molecule has 1 saturated heterocycles. The summed E-state index contributed by atoms with van der Waals surface area (Å²) in [6.45, 7) is 3.41. The maximum atomic E-state index is 13.9. The van der Waals surface area contributed by atoms with E-state index in [0.29, 0.717) is 51.7 Å². The van der Waals surface area contributed by atoms with E-state index in [1.165, 1.54) is 37.1 Å². The summed E-state index contributed by atoms with van der Waals surface area (Å²) in [7, 11) is 0. The summed E-state index contributed by atoms with van der Waals surface area (Å²) >= 11 is 3.56. The van der Waals surface area contributed by atoms with E-state index in [1.54, 1.807) is 4.90 Å². The molecule has 3 atom stereocenters. The molecule has 2 aromatic heterocycles. The number of fused-ring (bicyclic) bond motifs is 3. The van der Waals surface area contributed by atoms with Crippen LogP contribution < -0.4 is 16.0 Å². The van der Waals surface area contributed by atoms with Gasteiger partial charge < -0.3 is 20.9 Å². The minimum absolute atomic E-state index is 0.0855. The molecule has 4 heterocycles. The number of nitrogens with zero attached hydrogens (tertiary/aromatic N) is 4. The van der Waals surface area contributed by atoms with Gasteiger partial charge in [-0.05, 0) is 53.1 Å². The first-order valence-corrected chi connectivity index (χ1v) is 18.7. The molecule has 6 rings (SSSR count). The molecule has 13 heteroatoms. The molecule has 3 aliphatic rings. The van der Waals surface area contributed by atoms with Crippen LogP contribution >= 0.6 is 15.9 Å². The lowest BCUT2D eigenvalue weighted by Gasteiger charge is -2.27. The molecule has 0 spiro atoms. The summed E-state index contributed by atoms with van der Waals surface area (Å²) in [5.41, 5.74) is 1.48. The molecule has 1 aromatic carbocycles. The van der Waals surface area contributed by atoms with Crippen LogP contribution in [-0.4, -0.2) is 61.2 Å². The third kappa shape index (κ3) is 7.92. The number of piperidine rings is 1. The summed E-state index contributed by atoms with van der Waals surface area (Å²) in [4.78, 5) is 72.2. The van der Waals surface area contributed by atoms with Gasteiger partial charge in [0.2, 0.25) is 23.6 Å². The SMILES string of the molecule is CC(=O)c1nn(CC(=O)N2C(C(=O)Nc3ncc4c(c3Br)NC(=O)CCCCCCCCCCCCC(=O)N4)C[C@@]3(C)C[C@@H]23)c2ccccc12. The van der Waals surface area contributed by atoms with Crippen LogP contribution in [0.5, 0.6) is 0 Å². The zero-order chi connectivity index (χ0) is 35.4. The number of carbonyl (C=O) groups is 5. The maximum Gasteiger partial charge on any atom is 0.248 e. The van der Waals surface area contributed by atoms with Gasteiger partial charge >= 0.3 is 0 Å². The summed E-state index contributed by atoms with van der Waals surface area (Å²) in [5, 5.41) is 13.9. The second-order valence-corrected chi connectivity index (χ2v) is 15.1. The number of nitrogens with one attached hydrogen (secondary N) is 3. The lowest BCUT2D eigenvalue weighted by atomic mass is 10.0. The highest BCUT2D eigenvalue weighted by atomic mass is 79.9. The zero-order valence-electron chi connectivity index (χ0n) is 28.9. The lowest BCUT2D eigenvalue weighted by Crippen LogP contribution is -2.47. The number of likely N-dealkylation sites (tertiary alicyclic amines) is 1. The Morgan fingerprint density at radius 1 is 0.920 bits per heavy atom. The topological polar surface area (TPSA) is 155 Å². The van der Waals surface area contributed by atoms with E-state index in [2.05, 4.69) is 48.9 Å². The predicted octanol–water partition coefficient (Wildman–Crippen LogP) is 6.99. The van der Waals surface area contributed by atoms with Crippen molar-refractivity contribution >= 4 is 73.4 Å². The third-order valence-corrected chi connectivity index (χ3v) is 11.1. The van der Waals surface area contributed by atoms with Crippen LogP contribution in [-0.2, 0) is 25.7 Å². The second kappa shape index (κ2) is 15.4. The lowest BCUT2D eigenvalue weighted by molar-refractivity contribution is -0.138. The van der Waals surface area contributed by atoms with Crippen LogP contribution in [0.25, 0.3) is 10.9 Å². The Labute approximate surface area is 300 Å². The molecule has 266 valence electrons. The first kappa shape index (κ1) is 35.7. The van der Waals surface area contributed by atoms with E-state index >= 15 is 0 Å². The predicted molar refractivity (Wildman–Crippen MR) is 195 cm³/mol. The number of hydrogen-bond acceptors (Lipinski definition) is 7. The first-order valence-electron chi connectivity index (χ1n) is 17.9. The Morgan fingerprint density at radius 3 is 2.20 bits per heavy atom. The quantitative estimate of drug-likeness (QED) is 0.238. The number of pyridine rings is 1. The number of ketones is 1. The molecule has 1 saturated carbocycles. The highest BCUT2D eigenvalue weighted by Gasteiger charge is 2.64. The van der Waals surface area contributed by atoms with Gasteiger partial charge in [0.15, 0.2) is 5.78 Å². The number of para-hydroxylation sites is 1. The van der Waals surface area contributed by atoms with E-state index < -0.39 is 11.9 Å². The number of Topliss-reactive ketones (excluding diaryl/α,β-unsaturated/α-hetero) is 1. The van der Waals surface area contributed by atoms with Crippen molar-refractivity contribution in [2.24, 2.45) is 5.41 Å². The smallest absolute Gasteiger partial charge is 0.248 e. The van der Waals surface area contributed by atoms with Gasteiger partial charge in [-0.25, -0.2) is 4.98 Å². The van der Waals surface area contributed by atoms with Crippen LogP contribution in [0.4, 0.5) is 17.2 Å². The number of halogens is 1. The van der Waals surface area contributed by atoms with Crippen LogP contribution in [0, 0.1) is 5.41 Å². The van der Waals surface area contributed by atoms with E-state index in [1.807, 2.05) is 24.3 Å². The number of benzene rings is 1. The molecule has 4 amide bonds. The van der Waals surface area contributed by atoms with E-state index in [0.717, 1.165) is 51.4 Å². The molecular weight excluding hydrogens is 702 g/mol. The number of amides is 4. The molecule has 0 bridgehead atoms. The third-order valence-electron chi connectivity index (χ3n) is 10.4. The average molecular weight is 749 g/mol. The number of rotatable bonds is 5. The average Bonchev–Trinajstić information content (AvgIpc) is 3.44. The van der Waals surface area contributed by atoms with Gasteiger partial charge in [0.1, 0.15) is 24.1 Å². The Morgan fingerprint density at radius 2 is 1.54 bits per heavy atom. The molecule has 12 nitrogen and oxygen atoms in total. The number of hydrogen-bond donors (Lipinski definition) is 3. The van der Waals surface area contributed by atoms with Crippen molar-refractivity contribution in [2.45, 2.75) is 122 Å². The Kier molecular flexibility index (Phi) is 11.0. The monoisotopic (exact) mass is 747 g/mol. The zero-order valence-corrected chi connectivity index (χ0v) is 30.4. The van der Waals surface area contributed by atoms with Crippen molar-refractivity contribution < 1.29 is 24.0 Å². The summed E-state index contributed by atoms with van der Waals surface area (Å²) in [6.07, 6.45) is 13.9. The number of carbonyl (C=O) groups excluding carboxylic acids is 5. The van der Waals surface area contributed by atoms with Gasteiger partial charge in [-0.1, -0.05) is 76.5 Å². The maximum absolute atomic E-state index is 13.9.